The first-order valence-corrected chi connectivity index (χ1v) is 5.52. The normalized spacial score (nSPS) is 10.4. The summed E-state index contributed by atoms with van der Waals surface area (Å²) in [4.78, 5) is 14.9. The molecule has 5 heteroatoms. The Labute approximate surface area is 104 Å². The molecule has 0 radical (unpaired) electrons. The van der Waals surface area contributed by atoms with Crippen LogP contribution in [0.5, 0.6) is 0 Å². The van der Waals surface area contributed by atoms with Gasteiger partial charge in [-0.3, -0.25) is 0 Å². The minimum Gasteiger partial charge on any atom is -0.475 e. The summed E-state index contributed by atoms with van der Waals surface area (Å²) in [7, 11) is 0. The SMILES string of the molecule is Cc1ccc(C)c(Nc2nc(C)c(C(=O)O)o2)c1. The molecule has 0 unspecified atom stereocenters. The van der Waals surface area contributed by atoms with Crippen molar-refractivity contribution in [3.05, 3.63) is 40.8 Å². The number of carboxylic acid groups (broad SMARTS) is 1. The van der Waals surface area contributed by atoms with Crippen LogP contribution < -0.4 is 5.32 Å². The number of rotatable bonds is 3. The molecule has 0 aliphatic carbocycles. The zero-order chi connectivity index (χ0) is 13.3. The number of hydrogen-bond acceptors (Lipinski definition) is 4. The van der Waals surface area contributed by atoms with Crippen LogP contribution in [0.15, 0.2) is 22.6 Å². The lowest BCUT2D eigenvalue weighted by Crippen LogP contribution is -1.95. The predicted octanol–water partition coefficient (Wildman–Crippen LogP) is 3.04. The fourth-order valence-corrected chi connectivity index (χ4v) is 1.63. The van der Waals surface area contributed by atoms with Crippen LogP contribution in [0.2, 0.25) is 0 Å². The van der Waals surface area contributed by atoms with Gasteiger partial charge in [0.05, 0.1) is 5.69 Å². The van der Waals surface area contributed by atoms with Crippen LogP contribution in [0.3, 0.4) is 0 Å². The van der Waals surface area contributed by atoms with Crippen molar-refractivity contribution in [1.29, 1.82) is 0 Å². The lowest BCUT2D eigenvalue weighted by molar-refractivity contribution is 0.0662. The van der Waals surface area contributed by atoms with Crippen molar-refractivity contribution < 1.29 is 14.3 Å². The Balaban J connectivity index is 2.31. The number of carboxylic acids is 1. The Kier molecular flexibility index (Phi) is 3.06. The molecule has 0 atom stereocenters. The summed E-state index contributed by atoms with van der Waals surface area (Å²) >= 11 is 0. The number of nitrogens with one attached hydrogen (secondary N) is 1. The van der Waals surface area contributed by atoms with E-state index in [1.54, 1.807) is 6.92 Å². The van der Waals surface area contributed by atoms with E-state index < -0.39 is 5.97 Å². The van der Waals surface area contributed by atoms with Crippen molar-refractivity contribution in [2.45, 2.75) is 20.8 Å². The van der Waals surface area contributed by atoms with Gasteiger partial charge in [0.15, 0.2) is 0 Å². The van der Waals surface area contributed by atoms with Crippen LogP contribution in [0.25, 0.3) is 0 Å². The van der Waals surface area contributed by atoms with Crippen molar-refractivity contribution in [1.82, 2.24) is 4.98 Å². The molecular weight excluding hydrogens is 232 g/mol. The molecule has 0 amide bonds. The average Bonchev–Trinajstić information content (AvgIpc) is 2.65. The molecule has 18 heavy (non-hydrogen) atoms. The van der Waals surface area contributed by atoms with Crippen LogP contribution in [0, 0.1) is 20.8 Å². The van der Waals surface area contributed by atoms with Gasteiger partial charge in [-0.2, -0.15) is 4.98 Å². The van der Waals surface area contributed by atoms with Crippen LogP contribution in [-0.4, -0.2) is 16.1 Å². The van der Waals surface area contributed by atoms with Gasteiger partial charge in [-0.25, -0.2) is 4.79 Å². The summed E-state index contributed by atoms with van der Waals surface area (Å²) in [6.45, 7) is 5.53. The van der Waals surface area contributed by atoms with Crippen molar-refractivity contribution in [3.8, 4) is 0 Å². The smallest absolute Gasteiger partial charge is 0.373 e. The Hall–Kier alpha value is -2.30. The van der Waals surface area contributed by atoms with Gasteiger partial charge in [0.1, 0.15) is 0 Å². The highest BCUT2D eigenvalue weighted by Gasteiger charge is 2.16. The molecule has 94 valence electrons. The van der Waals surface area contributed by atoms with E-state index in [1.807, 2.05) is 32.0 Å². The maximum atomic E-state index is 10.8. The van der Waals surface area contributed by atoms with Gasteiger partial charge >= 0.3 is 5.97 Å². The molecule has 0 bridgehead atoms. The molecule has 0 aliphatic rings. The molecule has 1 aromatic heterocycles. The molecule has 0 aliphatic heterocycles. The molecule has 2 rings (SSSR count). The highest BCUT2D eigenvalue weighted by Crippen LogP contribution is 2.23. The monoisotopic (exact) mass is 246 g/mol. The first kappa shape index (κ1) is 12.2. The van der Waals surface area contributed by atoms with E-state index in [2.05, 4.69) is 10.3 Å². The van der Waals surface area contributed by atoms with E-state index in [0.717, 1.165) is 16.8 Å². The third-order valence-corrected chi connectivity index (χ3v) is 2.63. The molecule has 0 spiro atoms. The number of aromatic carboxylic acids is 1. The minimum atomic E-state index is -1.12. The summed E-state index contributed by atoms with van der Waals surface area (Å²) in [5, 5.41) is 11.9. The number of benzene rings is 1. The first-order chi connectivity index (χ1) is 8.47. The highest BCUT2D eigenvalue weighted by atomic mass is 16.4. The zero-order valence-corrected chi connectivity index (χ0v) is 10.4. The largest absolute Gasteiger partial charge is 0.475 e. The third kappa shape index (κ3) is 2.34. The van der Waals surface area contributed by atoms with E-state index in [4.69, 9.17) is 9.52 Å². The molecular formula is C13H14N2O3. The number of aromatic nitrogens is 1. The maximum absolute atomic E-state index is 10.8. The fourth-order valence-electron chi connectivity index (χ4n) is 1.63. The van der Waals surface area contributed by atoms with Gasteiger partial charge in [0.25, 0.3) is 6.01 Å². The van der Waals surface area contributed by atoms with E-state index in [9.17, 15) is 4.79 Å². The zero-order valence-electron chi connectivity index (χ0n) is 10.4. The second-order valence-corrected chi connectivity index (χ2v) is 4.18. The Morgan fingerprint density at radius 2 is 2.06 bits per heavy atom. The number of nitrogens with zero attached hydrogens (tertiary/aromatic N) is 1. The van der Waals surface area contributed by atoms with E-state index >= 15 is 0 Å². The summed E-state index contributed by atoms with van der Waals surface area (Å²) in [6, 6.07) is 6.13. The number of oxazole rings is 1. The predicted molar refractivity (Wildman–Crippen MR) is 67.4 cm³/mol. The fraction of sp³-hybridized carbons (Fsp3) is 0.231. The number of aryl methyl sites for hydroxylation is 3. The van der Waals surface area contributed by atoms with E-state index in [0.29, 0.717) is 5.69 Å². The average molecular weight is 246 g/mol. The third-order valence-electron chi connectivity index (χ3n) is 2.63. The van der Waals surface area contributed by atoms with Crippen molar-refractivity contribution >= 4 is 17.7 Å². The first-order valence-electron chi connectivity index (χ1n) is 5.52. The molecule has 0 fully saturated rings. The van der Waals surface area contributed by atoms with Gasteiger partial charge < -0.3 is 14.8 Å². The minimum absolute atomic E-state index is 0.136. The molecule has 1 aromatic carbocycles. The molecule has 2 N–H and O–H groups in total. The van der Waals surface area contributed by atoms with Gasteiger partial charge in [-0.1, -0.05) is 12.1 Å². The summed E-state index contributed by atoms with van der Waals surface area (Å²) in [5.41, 5.74) is 3.35. The lowest BCUT2D eigenvalue weighted by Gasteiger charge is -2.06. The van der Waals surface area contributed by atoms with Crippen molar-refractivity contribution in [3.63, 3.8) is 0 Å². The van der Waals surface area contributed by atoms with Crippen molar-refractivity contribution in [2.75, 3.05) is 5.32 Å². The van der Waals surface area contributed by atoms with Gasteiger partial charge in [0.2, 0.25) is 5.76 Å². The van der Waals surface area contributed by atoms with Crippen LogP contribution in [-0.2, 0) is 0 Å². The summed E-state index contributed by atoms with van der Waals surface area (Å²) < 4.78 is 5.15. The second kappa shape index (κ2) is 4.52. The Bertz CT molecular complexity index is 602. The molecule has 0 saturated heterocycles. The maximum Gasteiger partial charge on any atom is 0.373 e. The van der Waals surface area contributed by atoms with Crippen LogP contribution >= 0.6 is 0 Å². The quantitative estimate of drug-likeness (QED) is 0.870. The van der Waals surface area contributed by atoms with Gasteiger partial charge in [-0.05, 0) is 38.0 Å². The second-order valence-electron chi connectivity index (χ2n) is 4.18. The summed E-state index contributed by atoms with van der Waals surface area (Å²) in [5.74, 6) is -1.25. The topological polar surface area (TPSA) is 75.4 Å². The van der Waals surface area contributed by atoms with Crippen molar-refractivity contribution in [2.24, 2.45) is 0 Å². The Morgan fingerprint density at radius 1 is 1.33 bits per heavy atom. The molecule has 5 nitrogen and oxygen atoms in total. The summed E-state index contributed by atoms with van der Waals surface area (Å²) in [6.07, 6.45) is 0. The van der Waals surface area contributed by atoms with Gasteiger partial charge in [0, 0.05) is 5.69 Å². The van der Waals surface area contributed by atoms with Crippen LogP contribution in [0.1, 0.15) is 27.4 Å². The molecule has 2 aromatic rings. The molecule has 1 heterocycles. The number of hydrogen-bond donors (Lipinski definition) is 2. The van der Waals surface area contributed by atoms with E-state index in [-0.39, 0.29) is 11.8 Å². The van der Waals surface area contributed by atoms with E-state index in [1.165, 1.54) is 0 Å². The molecule has 0 saturated carbocycles. The highest BCUT2D eigenvalue weighted by molar-refractivity contribution is 5.85. The number of carbonyl (C=O) groups is 1. The lowest BCUT2D eigenvalue weighted by atomic mass is 10.1. The standard InChI is InChI=1S/C13H14N2O3/c1-7-4-5-8(2)10(6-7)15-13-14-9(3)11(18-13)12(16)17/h4-6H,1-3H3,(H,14,15)(H,16,17). The Morgan fingerprint density at radius 3 is 2.67 bits per heavy atom. The van der Waals surface area contributed by atoms with Crippen LogP contribution in [0.4, 0.5) is 11.7 Å². The van der Waals surface area contributed by atoms with Gasteiger partial charge in [-0.15, -0.1) is 0 Å². The number of anilines is 2.